The van der Waals surface area contributed by atoms with Crippen LogP contribution in [0.3, 0.4) is 0 Å². The van der Waals surface area contributed by atoms with E-state index in [4.69, 9.17) is 0 Å². The smallest absolute Gasteiger partial charge is 0.00971 e. The molecule has 0 aliphatic heterocycles. The van der Waals surface area contributed by atoms with Crippen LogP contribution in [-0.4, -0.2) is 0 Å². The first-order valence-electron chi connectivity index (χ1n) is 5.53. The summed E-state index contributed by atoms with van der Waals surface area (Å²) in [6.07, 6.45) is 11.2. The molecule has 0 N–H and O–H groups in total. The van der Waals surface area contributed by atoms with E-state index in [9.17, 15) is 0 Å². The van der Waals surface area contributed by atoms with Crippen molar-refractivity contribution in [1.29, 1.82) is 0 Å². The summed E-state index contributed by atoms with van der Waals surface area (Å²) >= 11 is 0. The van der Waals surface area contributed by atoms with Gasteiger partial charge in [-0.15, -0.1) is 0 Å². The van der Waals surface area contributed by atoms with Gasteiger partial charge in [0.2, 0.25) is 0 Å². The second-order valence-electron chi connectivity index (χ2n) is 3.76. The Morgan fingerprint density at radius 2 is 2.00 bits per heavy atom. The van der Waals surface area contributed by atoms with Gasteiger partial charge >= 0.3 is 0 Å². The summed E-state index contributed by atoms with van der Waals surface area (Å²) in [5.41, 5.74) is 4.05. The van der Waals surface area contributed by atoms with Crippen LogP contribution < -0.4 is 0 Å². The van der Waals surface area contributed by atoms with E-state index in [2.05, 4.69) is 61.6 Å². The van der Waals surface area contributed by atoms with Crippen molar-refractivity contribution in [2.45, 2.75) is 19.8 Å². The summed E-state index contributed by atoms with van der Waals surface area (Å²) in [5, 5.41) is 0. The van der Waals surface area contributed by atoms with E-state index < -0.39 is 0 Å². The minimum absolute atomic E-state index is 1.07. The molecule has 1 aromatic carbocycles. The third kappa shape index (κ3) is 2.47. The molecular weight excluding hydrogens is 180 g/mol. The van der Waals surface area contributed by atoms with Gasteiger partial charge in [-0.2, -0.15) is 0 Å². The lowest BCUT2D eigenvalue weighted by molar-refractivity contribution is 1.15. The second kappa shape index (κ2) is 4.79. The van der Waals surface area contributed by atoms with Gasteiger partial charge in [0.1, 0.15) is 0 Å². The van der Waals surface area contributed by atoms with Crippen LogP contribution in [0.2, 0.25) is 0 Å². The Kier molecular flexibility index (Phi) is 3.18. The van der Waals surface area contributed by atoms with Gasteiger partial charge in [-0.3, -0.25) is 0 Å². The second-order valence-corrected chi connectivity index (χ2v) is 3.76. The highest BCUT2D eigenvalue weighted by Gasteiger charge is 2.02. The lowest BCUT2D eigenvalue weighted by Crippen LogP contribution is -1.88. The molecule has 1 aliphatic carbocycles. The molecule has 0 bridgehead atoms. The van der Waals surface area contributed by atoms with Crippen LogP contribution >= 0.6 is 0 Å². The average molecular weight is 196 g/mol. The fraction of sp³-hybridized carbons (Fsp3) is 0.200. The molecule has 0 saturated heterocycles. The van der Waals surface area contributed by atoms with Crippen molar-refractivity contribution in [3.8, 4) is 0 Å². The van der Waals surface area contributed by atoms with Crippen LogP contribution in [0.1, 0.15) is 25.3 Å². The fourth-order valence-corrected chi connectivity index (χ4v) is 1.84. The standard InChI is InChI=1S/C15H16/c1-2-7-13-8-6-11-15(12-13)14-9-4-3-5-10-14/h3-7,9-12H,2,8H2,1H3. The van der Waals surface area contributed by atoms with E-state index in [0.717, 1.165) is 12.8 Å². The van der Waals surface area contributed by atoms with E-state index in [-0.39, 0.29) is 0 Å². The van der Waals surface area contributed by atoms with Crippen molar-refractivity contribution >= 4 is 5.57 Å². The van der Waals surface area contributed by atoms with Crippen molar-refractivity contribution in [3.05, 3.63) is 65.8 Å². The zero-order valence-electron chi connectivity index (χ0n) is 9.11. The van der Waals surface area contributed by atoms with E-state index in [1.54, 1.807) is 0 Å². The summed E-state index contributed by atoms with van der Waals surface area (Å²) in [5.74, 6) is 0. The Hall–Kier alpha value is -1.56. The highest BCUT2D eigenvalue weighted by Crippen LogP contribution is 2.24. The predicted octanol–water partition coefficient (Wildman–Crippen LogP) is 4.37. The van der Waals surface area contributed by atoms with Crippen LogP contribution in [0.15, 0.2) is 60.2 Å². The molecule has 0 fully saturated rings. The Bertz CT molecular complexity index is 405. The highest BCUT2D eigenvalue weighted by atomic mass is 14.1. The number of benzene rings is 1. The van der Waals surface area contributed by atoms with Gasteiger partial charge in [-0.05, 0) is 29.6 Å². The largest absolute Gasteiger partial charge is 0.0813 e. The number of hydrogen-bond acceptors (Lipinski definition) is 0. The first kappa shape index (κ1) is 9.97. The van der Waals surface area contributed by atoms with Gasteiger partial charge in [-0.25, -0.2) is 0 Å². The van der Waals surface area contributed by atoms with Gasteiger partial charge in [0.25, 0.3) is 0 Å². The summed E-state index contributed by atoms with van der Waals surface area (Å²) in [4.78, 5) is 0. The summed E-state index contributed by atoms with van der Waals surface area (Å²) < 4.78 is 0. The maximum absolute atomic E-state index is 2.30. The minimum Gasteiger partial charge on any atom is -0.0813 e. The van der Waals surface area contributed by atoms with Crippen LogP contribution in [-0.2, 0) is 0 Å². The molecule has 0 saturated carbocycles. The number of hydrogen-bond donors (Lipinski definition) is 0. The van der Waals surface area contributed by atoms with Crippen molar-refractivity contribution in [3.63, 3.8) is 0 Å². The molecule has 0 heterocycles. The normalized spacial score (nSPS) is 17.9. The first-order valence-corrected chi connectivity index (χ1v) is 5.53. The lowest BCUT2D eigenvalue weighted by atomic mass is 9.96. The molecule has 1 aromatic rings. The minimum atomic E-state index is 1.07. The molecule has 0 radical (unpaired) electrons. The summed E-state index contributed by atoms with van der Waals surface area (Å²) in [6, 6.07) is 10.5. The van der Waals surface area contributed by atoms with Crippen LogP contribution in [0, 0.1) is 0 Å². The number of rotatable bonds is 2. The topological polar surface area (TPSA) is 0 Å². The quantitative estimate of drug-likeness (QED) is 0.659. The Balaban J connectivity index is 2.30. The molecule has 2 rings (SSSR count). The Morgan fingerprint density at radius 3 is 2.73 bits per heavy atom. The molecule has 0 unspecified atom stereocenters. The molecule has 76 valence electrons. The van der Waals surface area contributed by atoms with E-state index in [0.29, 0.717) is 0 Å². The maximum Gasteiger partial charge on any atom is -0.00971 e. The fourth-order valence-electron chi connectivity index (χ4n) is 1.84. The molecule has 1 aliphatic rings. The van der Waals surface area contributed by atoms with Gasteiger partial charge in [0, 0.05) is 0 Å². The van der Waals surface area contributed by atoms with Crippen molar-refractivity contribution in [1.82, 2.24) is 0 Å². The zero-order valence-corrected chi connectivity index (χ0v) is 9.11. The van der Waals surface area contributed by atoms with Crippen molar-refractivity contribution < 1.29 is 0 Å². The van der Waals surface area contributed by atoms with Crippen LogP contribution in [0.4, 0.5) is 0 Å². The Labute approximate surface area is 91.6 Å². The van der Waals surface area contributed by atoms with E-state index in [1.807, 2.05) is 0 Å². The van der Waals surface area contributed by atoms with Gasteiger partial charge in [-0.1, -0.05) is 61.6 Å². The molecule has 0 aromatic heterocycles. The molecule has 0 nitrogen and oxygen atoms in total. The SMILES string of the molecule is CCC=C1C=C(c2ccccc2)C=CC1. The molecular formula is C15H16. The molecule has 0 amide bonds. The molecule has 15 heavy (non-hydrogen) atoms. The molecule has 0 heteroatoms. The third-order valence-corrected chi connectivity index (χ3v) is 2.57. The first-order chi connectivity index (χ1) is 7.40. The third-order valence-electron chi connectivity index (χ3n) is 2.57. The van der Waals surface area contributed by atoms with Gasteiger partial charge < -0.3 is 0 Å². The monoisotopic (exact) mass is 196 g/mol. The molecule has 0 atom stereocenters. The highest BCUT2D eigenvalue weighted by molar-refractivity contribution is 5.77. The number of allylic oxidation sites excluding steroid dienone is 6. The van der Waals surface area contributed by atoms with E-state index in [1.165, 1.54) is 16.7 Å². The average Bonchev–Trinajstić information content (AvgIpc) is 2.31. The zero-order chi connectivity index (χ0) is 10.5. The van der Waals surface area contributed by atoms with E-state index >= 15 is 0 Å². The van der Waals surface area contributed by atoms with Crippen LogP contribution in [0.5, 0.6) is 0 Å². The van der Waals surface area contributed by atoms with Crippen molar-refractivity contribution in [2.75, 3.05) is 0 Å². The van der Waals surface area contributed by atoms with Gasteiger partial charge in [0.15, 0.2) is 0 Å². The van der Waals surface area contributed by atoms with Crippen LogP contribution in [0.25, 0.3) is 5.57 Å². The predicted molar refractivity (Wildman–Crippen MR) is 66.6 cm³/mol. The summed E-state index contributed by atoms with van der Waals surface area (Å²) in [6.45, 7) is 2.18. The van der Waals surface area contributed by atoms with Crippen molar-refractivity contribution in [2.24, 2.45) is 0 Å². The Morgan fingerprint density at radius 1 is 1.20 bits per heavy atom. The summed E-state index contributed by atoms with van der Waals surface area (Å²) in [7, 11) is 0. The molecule has 0 spiro atoms. The lowest BCUT2D eigenvalue weighted by Gasteiger charge is -2.09. The van der Waals surface area contributed by atoms with Gasteiger partial charge in [0.05, 0.1) is 0 Å². The maximum atomic E-state index is 2.30.